The molecule has 4 heteroatoms. The van der Waals surface area contributed by atoms with Gasteiger partial charge in [-0.25, -0.2) is 5.43 Å². The van der Waals surface area contributed by atoms with E-state index in [4.69, 9.17) is 4.74 Å². The standard InChI is InChI=1S/C19H16N2O2/c1-23-18-12-5-4-11-17(18)19(22)21-20-13-15-9-6-8-14-7-2-3-10-16(14)15/h2-13H,1H3,(H,21,22)/b20-13+. The van der Waals surface area contributed by atoms with Crippen LogP contribution in [0.3, 0.4) is 0 Å². The number of amides is 1. The van der Waals surface area contributed by atoms with Crippen molar-refractivity contribution in [2.45, 2.75) is 0 Å². The Hall–Kier alpha value is -3.14. The van der Waals surface area contributed by atoms with Crippen LogP contribution < -0.4 is 10.2 Å². The molecule has 0 bridgehead atoms. The van der Waals surface area contributed by atoms with Crippen molar-refractivity contribution in [1.29, 1.82) is 0 Å². The molecule has 0 heterocycles. The number of nitrogens with zero attached hydrogens (tertiary/aromatic N) is 1. The molecule has 0 atom stereocenters. The molecule has 0 saturated heterocycles. The number of benzene rings is 3. The lowest BCUT2D eigenvalue weighted by Crippen LogP contribution is -2.18. The maximum absolute atomic E-state index is 12.2. The molecule has 0 aliphatic heterocycles. The van der Waals surface area contributed by atoms with E-state index < -0.39 is 0 Å². The molecule has 0 fully saturated rings. The highest BCUT2D eigenvalue weighted by Crippen LogP contribution is 2.18. The summed E-state index contributed by atoms with van der Waals surface area (Å²) in [4.78, 5) is 12.2. The van der Waals surface area contributed by atoms with Crippen LogP contribution in [0.25, 0.3) is 10.8 Å². The summed E-state index contributed by atoms with van der Waals surface area (Å²) in [6.45, 7) is 0. The third kappa shape index (κ3) is 3.21. The molecule has 3 aromatic rings. The summed E-state index contributed by atoms with van der Waals surface area (Å²) in [5.74, 6) is 0.212. The summed E-state index contributed by atoms with van der Waals surface area (Å²) < 4.78 is 5.18. The Kier molecular flexibility index (Phi) is 4.34. The molecule has 0 radical (unpaired) electrons. The minimum Gasteiger partial charge on any atom is -0.496 e. The van der Waals surface area contributed by atoms with Crippen LogP contribution in [0.15, 0.2) is 71.8 Å². The second-order valence-corrected chi connectivity index (χ2v) is 4.97. The summed E-state index contributed by atoms with van der Waals surface area (Å²) in [6.07, 6.45) is 1.65. The number of hydrazone groups is 1. The molecule has 0 spiro atoms. The zero-order chi connectivity index (χ0) is 16.1. The van der Waals surface area contributed by atoms with E-state index in [1.165, 1.54) is 7.11 Å². The van der Waals surface area contributed by atoms with Crippen LogP contribution in [0.1, 0.15) is 15.9 Å². The van der Waals surface area contributed by atoms with Crippen molar-refractivity contribution in [2.24, 2.45) is 5.10 Å². The van der Waals surface area contributed by atoms with Crippen molar-refractivity contribution in [2.75, 3.05) is 7.11 Å². The van der Waals surface area contributed by atoms with Gasteiger partial charge in [-0.15, -0.1) is 0 Å². The highest BCUT2D eigenvalue weighted by atomic mass is 16.5. The van der Waals surface area contributed by atoms with Crippen molar-refractivity contribution in [3.8, 4) is 5.75 Å². The fourth-order valence-electron chi connectivity index (χ4n) is 2.42. The minimum atomic E-state index is -0.307. The van der Waals surface area contributed by atoms with Crippen LogP contribution in [0.4, 0.5) is 0 Å². The summed E-state index contributed by atoms with van der Waals surface area (Å²) in [5, 5.41) is 6.28. The van der Waals surface area contributed by atoms with Gasteiger partial charge in [0.15, 0.2) is 0 Å². The van der Waals surface area contributed by atoms with Crippen LogP contribution in [0.5, 0.6) is 5.75 Å². The van der Waals surface area contributed by atoms with E-state index in [1.807, 2.05) is 48.5 Å². The topological polar surface area (TPSA) is 50.7 Å². The lowest BCUT2D eigenvalue weighted by molar-refractivity contribution is 0.0952. The Labute approximate surface area is 134 Å². The van der Waals surface area contributed by atoms with Gasteiger partial charge in [0.25, 0.3) is 5.91 Å². The highest BCUT2D eigenvalue weighted by Gasteiger charge is 2.10. The Balaban J connectivity index is 1.79. The van der Waals surface area contributed by atoms with Crippen LogP contribution in [0, 0.1) is 0 Å². The molecule has 114 valence electrons. The largest absolute Gasteiger partial charge is 0.496 e. The first kappa shape index (κ1) is 14.8. The Morgan fingerprint density at radius 2 is 1.74 bits per heavy atom. The van der Waals surface area contributed by atoms with E-state index >= 15 is 0 Å². The van der Waals surface area contributed by atoms with Gasteiger partial charge in [0.05, 0.1) is 18.9 Å². The first-order chi connectivity index (χ1) is 11.3. The monoisotopic (exact) mass is 304 g/mol. The average molecular weight is 304 g/mol. The van der Waals surface area contributed by atoms with Crippen molar-refractivity contribution < 1.29 is 9.53 Å². The smallest absolute Gasteiger partial charge is 0.275 e. The van der Waals surface area contributed by atoms with Crippen LogP contribution in [-0.2, 0) is 0 Å². The van der Waals surface area contributed by atoms with E-state index in [0.29, 0.717) is 11.3 Å². The number of hydrogen-bond donors (Lipinski definition) is 1. The first-order valence-electron chi connectivity index (χ1n) is 7.24. The summed E-state index contributed by atoms with van der Waals surface area (Å²) in [7, 11) is 1.53. The van der Waals surface area contributed by atoms with Gasteiger partial charge >= 0.3 is 0 Å². The van der Waals surface area contributed by atoms with Crippen molar-refractivity contribution in [3.63, 3.8) is 0 Å². The molecule has 0 aromatic heterocycles. The molecule has 1 N–H and O–H groups in total. The molecule has 0 aliphatic carbocycles. The Bertz CT molecular complexity index is 867. The Morgan fingerprint density at radius 3 is 2.61 bits per heavy atom. The third-order valence-corrected chi connectivity index (χ3v) is 3.54. The van der Waals surface area contributed by atoms with Gasteiger partial charge in [0.1, 0.15) is 5.75 Å². The second-order valence-electron chi connectivity index (χ2n) is 4.97. The number of methoxy groups -OCH3 is 1. The predicted molar refractivity (Wildman–Crippen MR) is 92.0 cm³/mol. The number of carbonyl (C=O) groups excluding carboxylic acids is 1. The van der Waals surface area contributed by atoms with E-state index in [2.05, 4.69) is 10.5 Å². The predicted octanol–water partition coefficient (Wildman–Crippen LogP) is 3.61. The molecular weight excluding hydrogens is 288 g/mol. The van der Waals surface area contributed by atoms with Gasteiger partial charge in [-0.3, -0.25) is 4.79 Å². The lowest BCUT2D eigenvalue weighted by atomic mass is 10.1. The van der Waals surface area contributed by atoms with Crippen LogP contribution in [-0.4, -0.2) is 19.2 Å². The van der Waals surface area contributed by atoms with Crippen LogP contribution >= 0.6 is 0 Å². The molecule has 3 aromatic carbocycles. The molecule has 3 rings (SSSR count). The second kappa shape index (κ2) is 6.75. The van der Waals surface area contributed by atoms with E-state index in [-0.39, 0.29) is 5.91 Å². The molecule has 0 unspecified atom stereocenters. The number of rotatable bonds is 4. The highest BCUT2D eigenvalue weighted by molar-refractivity contribution is 6.01. The first-order valence-corrected chi connectivity index (χ1v) is 7.24. The normalized spacial score (nSPS) is 10.8. The van der Waals surface area contributed by atoms with Gasteiger partial charge in [-0.2, -0.15) is 5.10 Å². The summed E-state index contributed by atoms with van der Waals surface area (Å²) in [6, 6.07) is 21.0. The zero-order valence-electron chi connectivity index (χ0n) is 12.7. The SMILES string of the molecule is COc1ccccc1C(=O)N/N=C/c1cccc2ccccc12. The fourth-order valence-corrected chi connectivity index (χ4v) is 2.42. The lowest BCUT2D eigenvalue weighted by Gasteiger charge is -2.06. The molecule has 0 aliphatic rings. The zero-order valence-corrected chi connectivity index (χ0v) is 12.7. The molecule has 4 nitrogen and oxygen atoms in total. The fraction of sp³-hybridized carbons (Fsp3) is 0.0526. The van der Waals surface area contributed by atoms with Gasteiger partial charge in [-0.05, 0) is 22.9 Å². The number of para-hydroxylation sites is 1. The van der Waals surface area contributed by atoms with Gasteiger partial charge < -0.3 is 4.74 Å². The van der Waals surface area contributed by atoms with Gasteiger partial charge in [0.2, 0.25) is 0 Å². The van der Waals surface area contributed by atoms with E-state index in [0.717, 1.165) is 16.3 Å². The number of ether oxygens (including phenoxy) is 1. The maximum Gasteiger partial charge on any atom is 0.275 e. The number of hydrogen-bond acceptors (Lipinski definition) is 3. The van der Waals surface area contributed by atoms with Gasteiger partial charge in [-0.1, -0.05) is 54.6 Å². The molecule has 23 heavy (non-hydrogen) atoms. The van der Waals surface area contributed by atoms with Crippen molar-refractivity contribution >= 4 is 22.9 Å². The van der Waals surface area contributed by atoms with Crippen molar-refractivity contribution in [1.82, 2.24) is 5.43 Å². The molecule has 1 amide bonds. The maximum atomic E-state index is 12.2. The quantitative estimate of drug-likeness (QED) is 0.591. The minimum absolute atomic E-state index is 0.307. The van der Waals surface area contributed by atoms with E-state index in [9.17, 15) is 4.79 Å². The van der Waals surface area contributed by atoms with E-state index in [1.54, 1.807) is 24.4 Å². The average Bonchev–Trinajstić information content (AvgIpc) is 2.61. The summed E-state index contributed by atoms with van der Waals surface area (Å²) in [5.41, 5.74) is 3.93. The van der Waals surface area contributed by atoms with Gasteiger partial charge in [0, 0.05) is 5.56 Å². The summed E-state index contributed by atoms with van der Waals surface area (Å²) >= 11 is 0. The number of nitrogens with one attached hydrogen (secondary N) is 1. The number of carbonyl (C=O) groups is 1. The molecule has 0 saturated carbocycles. The number of fused-ring (bicyclic) bond motifs is 1. The van der Waals surface area contributed by atoms with Crippen LogP contribution in [0.2, 0.25) is 0 Å². The molecular formula is C19H16N2O2. The van der Waals surface area contributed by atoms with Crippen molar-refractivity contribution in [3.05, 3.63) is 77.9 Å². The third-order valence-electron chi connectivity index (χ3n) is 3.54. The Morgan fingerprint density at radius 1 is 1.00 bits per heavy atom.